The molecular formula is C18H19NO4S2. The van der Waals surface area contributed by atoms with Gasteiger partial charge in [-0.25, -0.2) is 8.42 Å². The topological polar surface area (TPSA) is 74.7 Å². The Kier molecular flexibility index (Phi) is 5.17. The third kappa shape index (κ3) is 3.89. The molecule has 0 saturated carbocycles. The number of aliphatic carboxylic acids is 1. The highest BCUT2D eigenvalue weighted by molar-refractivity contribution is 8.00. The number of sulfonamides is 1. The zero-order chi connectivity index (χ0) is 18.0. The van der Waals surface area contributed by atoms with Gasteiger partial charge in [0.2, 0.25) is 10.0 Å². The van der Waals surface area contributed by atoms with Crippen LogP contribution in [-0.4, -0.2) is 41.6 Å². The minimum atomic E-state index is -3.84. The van der Waals surface area contributed by atoms with E-state index in [1.807, 2.05) is 37.3 Å². The SMILES string of the molecule is Cc1ccc(S(=O)(=O)N2CC(Sc3ccccc3)C[C@H]2C(=O)O)cc1. The van der Waals surface area contributed by atoms with E-state index in [9.17, 15) is 18.3 Å². The second-order valence-electron chi connectivity index (χ2n) is 6.03. The molecule has 2 atom stereocenters. The standard InChI is InChI=1S/C18H19NO4S2/c1-13-7-9-16(10-8-13)25(22,23)19-12-15(11-17(19)18(20)21)24-14-5-3-2-4-6-14/h2-10,15,17H,11-12H2,1H3,(H,20,21)/t15?,17-/m0/s1. The van der Waals surface area contributed by atoms with Crippen molar-refractivity contribution in [1.82, 2.24) is 4.31 Å². The van der Waals surface area contributed by atoms with Crippen LogP contribution in [-0.2, 0) is 14.8 Å². The normalized spacial score (nSPS) is 21.3. The Morgan fingerprint density at radius 3 is 2.36 bits per heavy atom. The quantitative estimate of drug-likeness (QED) is 0.867. The van der Waals surface area contributed by atoms with Gasteiger partial charge in [0.05, 0.1) is 4.90 Å². The highest BCUT2D eigenvalue weighted by atomic mass is 32.2. The Morgan fingerprint density at radius 2 is 1.76 bits per heavy atom. The molecule has 3 rings (SSSR count). The maximum Gasteiger partial charge on any atom is 0.322 e. The van der Waals surface area contributed by atoms with E-state index in [4.69, 9.17) is 0 Å². The Labute approximate surface area is 151 Å². The van der Waals surface area contributed by atoms with Crippen molar-refractivity contribution >= 4 is 27.8 Å². The summed E-state index contributed by atoms with van der Waals surface area (Å²) in [5.74, 6) is -1.10. The molecule has 0 radical (unpaired) electrons. The van der Waals surface area contributed by atoms with Crippen molar-refractivity contribution in [1.29, 1.82) is 0 Å². The summed E-state index contributed by atoms with van der Waals surface area (Å²) in [4.78, 5) is 12.8. The molecule has 2 aromatic carbocycles. The lowest BCUT2D eigenvalue weighted by atomic mass is 10.2. The van der Waals surface area contributed by atoms with Crippen LogP contribution >= 0.6 is 11.8 Å². The highest BCUT2D eigenvalue weighted by Crippen LogP contribution is 2.35. The molecule has 1 aliphatic rings. The van der Waals surface area contributed by atoms with Gasteiger partial charge in [-0.2, -0.15) is 4.31 Å². The summed E-state index contributed by atoms with van der Waals surface area (Å²) in [5.41, 5.74) is 0.952. The Bertz CT molecular complexity index is 850. The zero-order valence-electron chi connectivity index (χ0n) is 13.7. The van der Waals surface area contributed by atoms with Crippen molar-refractivity contribution in [3.8, 4) is 0 Å². The zero-order valence-corrected chi connectivity index (χ0v) is 15.3. The third-order valence-electron chi connectivity index (χ3n) is 4.18. The average molecular weight is 377 g/mol. The van der Waals surface area contributed by atoms with E-state index < -0.39 is 22.0 Å². The monoisotopic (exact) mass is 377 g/mol. The van der Waals surface area contributed by atoms with Gasteiger partial charge < -0.3 is 5.11 Å². The van der Waals surface area contributed by atoms with Crippen molar-refractivity contribution in [2.45, 2.75) is 34.4 Å². The molecule has 1 unspecified atom stereocenters. The molecule has 1 heterocycles. The summed E-state index contributed by atoms with van der Waals surface area (Å²) in [6.45, 7) is 2.06. The summed E-state index contributed by atoms with van der Waals surface area (Å²) < 4.78 is 26.9. The lowest BCUT2D eigenvalue weighted by Gasteiger charge is -2.21. The molecule has 1 saturated heterocycles. The predicted molar refractivity (Wildman–Crippen MR) is 97.2 cm³/mol. The van der Waals surface area contributed by atoms with Gasteiger partial charge in [0.15, 0.2) is 0 Å². The second-order valence-corrected chi connectivity index (χ2v) is 9.29. The van der Waals surface area contributed by atoms with E-state index in [1.165, 1.54) is 23.9 Å². The molecular weight excluding hydrogens is 358 g/mol. The number of hydrogen-bond donors (Lipinski definition) is 1. The minimum absolute atomic E-state index is 0.0938. The number of carboxylic acids is 1. The first-order valence-corrected chi connectivity index (χ1v) is 10.2. The lowest BCUT2D eigenvalue weighted by Crippen LogP contribution is -2.40. The van der Waals surface area contributed by atoms with Gasteiger partial charge in [-0.1, -0.05) is 35.9 Å². The average Bonchev–Trinajstić information content (AvgIpc) is 3.01. The van der Waals surface area contributed by atoms with Crippen molar-refractivity contribution in [3.05, 3.63) is 60.2 Å². The van der Waals surface area contributed by atoms with E-state index in [1.54, 1.807) is 12.1 Å². The third-order valence-corrected chi connectivity index (χ3v) is 7.28. The molecule has 2 aromatic rings. The van der Waals surface area contributed by atoms with Crippen molar-refractivity contribution in [3.63, 3.8) is 0 Å². The smallest absolute Gasteiger partial charge is 0.322 e. The molecule has 132 valence electrons. The molecule has 0 bridgehead atoms. The van der Waals surface area contributed by atoms with E-state index in [2.05, 4.69) is 0 Å². The lowest BCUT2D eigenvalue weighted by molar-refractivity contribution is -0.140. The van der Waals surface area contributed by atoms with Crippen molar-refractivity contribution < 1.29 is 18.3 Å². The molecule has 25 heavy (non-hydrogen) atoms. The first-order valence-electron chi connectivity index (χ1n) is 7.91. The van der Waals surface area contributed by atoms with E-state index in [0.29, 0.717) is 6.42 Å². The maximum atomic E-state index is 12.9. The van der Waals surface area contributed by atoms with Crippen LogP contribution in [0.15, 0.2) is 64.4 Å². The van der Waals surface area contributed by atoms with E-state index in [-0.39, 0.29) is 16.7 Å². The number of hydrogen-bond acceptors (Lipinski definition) is 4. The van der Waals surface area contributed by atoms with Gasteiger partial charge in [0, 0.05) is 16.7 Å². The van der Waals surface area contributed by atoms with Gasteiger partial charge in [0.25, 0.3) is 0 Å². The molecule has 0 amide bonds. The van der Waals surface area contributed by atoms with Gasteiger partial charge in [-0.15, -0.1) is 11.8 Å². The fourth-order valence-corrected chi connectivity index (χ4v) is 5.83. The Balaban J connectivity index is 1.85. The number of nitrogens with zero attached hydrogens (tertiary/aromatic N) is 1. The van der Waals surface area contributed by atoms with Crippen LogP contribution in [0.2, 0.25) is 0 Å². The Morgan fingerprint density at radius 1 is 1.12 bits per heavy atom. The van der Waals surface area contributed by atoms with Gasteiger partial charge in [-0.05, 0) is 37.6 Å². The number of carbonyl (C=O) groups is 1. The summed E-state index contributed by atoms with van der Waals surface area (Å²) in [7, 11) is -3.84. The highest BCUT2D eigenvalue weighted by Gasteiger charge is 2.44. The fraction of sp³-hybridized carbons (Fsp3) is 0.278. The van der Waals surface area contributed by atoms with E-state index in [0.717, 1.165) is 14.8 Å². The van der Waals surface area contributed by atoms with Gasteiger partial charge >= 0.3 is 5.97 Å². The van der Waals surface area contributed by atoms with Crippen LogP contribution < -0.4 is 0 Å². The number of carboxylic acid groups (broad SMARTS) is 1. The Hall–Kier alpha value is -1.83. The minimum Gasteiger partial charge on any atom is -0.480 e. The summed E-state index contributed by atoms with van der Waals surface area (Å²) in [6, 6.07) is 15.1. The van der Waals surface area contributed by atoms with E-state index >= 15 is 0 Å². The van der Waals surface area contributed by atoms with Crippen LogP contribution in [0.4, 0.5) is 0 Å². The summed E-state index contributed by atoms with van der Waals surface area (Å²) >= 11 is 1.52. The maximum absolute atomic E-state index is 12.9. The predicted octanol–water partition coefficient (Wildman–Crippen LogP) is 3.00. The van der Waals surface area contributed by atoms with Crippen LogP contribution in [0.1, 0.15) is 12.0 Å². The number of rotatable bonds is 5. The summed E-state index contributed by atoms with van der Waals surface area (Å²) in [6.07, 6.45) is 0.292. The largest absolute Gasteiger partial charge is 0.480 e. The molecule has 0 aromatic heterocycles. The first-order chi connectivity index (χ1) is 11.9. The molecule has 7 heteroatoms. The molecule has 1 N–H and O–H groups in total. The van der Waals surface area contributed by atoms with Crippen LogP contribution in [0, 0.1) is 6.92 Å². The van der Waals surface area contributed by atoms with Crippen LogP contribution in [0.25, 0.3) is 0 Å². The molecule has 0 aliphatic carbocycles. The van der Waals surface area contributed by atoms with Gasteiger partial charge in [0.1, 0.15) is 6.04 Å². The molecule has 0 spiro atoms. The van der Waals surface area contributed by atoms with Crippen molar-refractivity contribution in [2.75, 3.05) is 6.54 Å². The molecule has 1 fully saturated rings. The molecule has 5 nitrogen and oxygen atoms in total. The summed E-state index contributed by atoms with van der Waals surface area (Å²) in [5, 5.41) is 9.41. The van der Waals surface area contributed by atoms with Gasteiger partial charge in [-0.3, -0.25) is 4.79 Å². The fourth-order valence-electron chi connectivity index (χ4n) is 2.88. The van der Waals surface area contributed by atoms with Crippen molar-refractivity contribution in [2.24, 2.45) is 0 Å². The first kappa shape index (κ1) is 18.0. The second kappa shape index (κ2) is 7.19. The number of benzene rings is 2. The van der Waals surface area contributed by atoms with Crippen LogP contribution in [0.3, 0.4) is 0 Å². The number of aryl methyl sites for hydroxylation is 1. The number of thioether (sulfide) groups is 1. The van der Waals surface area contributed by atoms with Crippen LogP contribution in [0.5, 0.6) is 0 Å². The molecule has 1 aliphatic heterocycles.